The number of rotatable bonds is 6. The molecule has 0 unspecified atom stereocenters. The second-order valence-corrected chi connectivity index (χ2v) is 6.20. The summed E-state index contributed by atoms with van der Waals surface area (Å²) in [4.78, 5) is 45.2. The average Bonchev–Trinajstić information content (AvgIpc) is 3.16. The zero-order valence-electron chi connectivity index (χ0n) is 15.0. The molecule has 1 fully saturated rings. The van der Waals surface area contributed by atoms with E-state index in [4.69, 9.17) is 0 Å². The maximum absolute atomic E-state index is 12.9. The number of hydrogen-bond acceptors (Lipinski definition) is 5. The topological polar surface area (TPSA) is 96.7 Å². The molecular weight excluding hydrogens is 391 g/mol. The summed E-state index contributed by atoms with van der Waals surface area (Å²) in [5, 5.41) is 1.97. The molecule has 0 aliphatic carbocycles. The van der Waals surface area contributed by atoms with E-state index >= 15 is 0 Å². The van der Waals surface area contributed by atoms with Gasteiger partial charge in [-0.05, 0) is 24.6 Å². The summed E-state index contributed by atoms with van der Waals surface area (Å²) in [5.41, 5.74) is -1.30. The molecule has 8 nitrogen and oxygen atoms in total. The predicted octanol–water partition coefficient (Wildman–Crippen LogP) is 2.26. The third kappa shape index (κ3) is 4.68. The molecule has 152 valence electrons. The number of hydrogen-bond donors (Lipinski definition) is 1. The fourth-order valence-corrected chi connectivity index (χ4v) is 2.73. The number of benzene rings is 1. The van der Waals surface area contributed by atoms with Crippen LogP contribution in [0.5, 0.6) is 0 Å². The van der Waals surface area contributed by atoms with Crippen LogP contribution in [-0.4, -0.2) is 40.2 Å². The van der Waals surface area contributed by atoms with E-state index in [2.05, 4.69) is 9.98 Å². The van der Waals surface area contributed by atoms with E-state index in [0.717, 1.165) is 18.3 Å². The highest BCUT2D eigenvalue weighted by Crippen LogP contribution is 2.32. The Bertz CT molecular complexity index is 940. The molecule has 0 bridgehead atoms. The van der Waals surface area contributed by atoms with Crippen LogP contribution in [0, 0.1) is 5.92 Å². The van der Waals surface area contributed by atoms with Crippen LogP contribution in [-0.2, 0) is 22.3 Å². The Morgan fingerprint density at radius 2 is 2.03 bits per heavy atom. The molecule has 1 aromatic carbocycles. The van der Waals surface area contributed by atoms with Crippen LogP contribution in [0.1, 0.15) is 12.0 Å². The maximum Gasteiger partial charge on any atom is 0.416 e. The van der Waals surface area contributed by atoms with Crippen LogP contribution < -0.4 is 10.2 Å². The number of anilines is 1. The van der Waals surface area contributed by atoms with Gasteiger partial charge >= 0.3 is 12.2 Å². The number of barbiturate groups is 1. The van der Waals surface area contributed by atoms with E-state index in [-0.39, 0.29) is 5.69 Å². The van der Waals surface area contributed by atoms with Gasteiger partial charge in [0.1, 0.15) is 0 Å². The first-order valence-corrected chi connectivity index (χ1v) is 8.59. The van der Waals surface area contributed by atoms with Gasteiger partial charge in [0.2, 0.25) is 5.91 Å². The Morgan fingerprint density at radius 3 is 2.72 bits per heavy atom. The smallest absolute Gasteiger partial charge is 0.337 e. The summed E-state index contributed by atoms with van der Waals surface area (Å²) >= 11 is 0. The minimum atomic E-state index is -4.64. The number of urea groups is 1. The Balaban J connectivity index is 1.71. The van der Waals surface area contributed by atoms with Gasteiger partial charge in [-0.15, -0.1) is 0 Å². The lowest BCUT2D eigenvalue weighted by atomic mass is 10.1. The molecule has 2 heterocycles. The van der Waals surface area contributed by atoms with Crippen LogP contribution >= 0.6 is 0 Å². The lowest BCUT2D eigenvalue weighted by molar-refractivity contribution is -0.138. The molecule has 3 rings (SSSR count). The molecule has 1 N–H and O–H groups in total. The Hall–Kier alpha value is -3.50. The number of carbonyl (C=O) groups excluding carboxylic acids is 3. The normalized spacial score (nSPS) is 17.8. The zero-order valence-corrected chi connectivity index (χ0v) is 15.0. The average molecular weight is 407 g/mol. The van der Waals surface area contributed by atoms with Crippen molar-refractivity contribution in [2.75, 3.05) is 11.4 Å². The third-order valence-electron chi connectivity index (χ3n) is 4.15. The van der Waals surface area contributed by atoms with Gasteiger partial charge in [0.25, 0.3) is 5.91 Å². The number of halogens is 3. The van der Waals surface area contributed by atoms with Crippen molar-refractivity contribution in [1.82, 2.24) is 14.9 Å². The largest absolute Gasteiger partial charge is 0.416 e. The van der Waals surface area contributed by atoms with Crippen molar-refractivity contribution in [1.29, 1.82) is 0 Å². The predicted molar refractivity (Wildman–Crippen MR) is 96.2 cm³/mol. The van der Waals surface area contributed by atoms with Gasteiger partial charge in [0.15, 0.2) is 5.92 Å². The molecule has 4 amide bonds. The summed E-state index contributed by atoms with van der Waals surface area (Å²) in [6.07, 6.45) is 2.13. The number of carbonyl (C=O) groups is 3. The van der Waals surface area contributed by atoms with Gasteiger partial charge in [-0.3, -0.25) is 19.9 Å². The van der Waals surface area contributed by atoms with Gasteiger partial charge in [0.05, 0.1) is 17.6 Å². The first-order valence-electron chi connectivity index (χ1n) is 8.59. The van der Waals surface area contributed by atoms with E-state index < -0.39 is 35.5 Å². The van der Waals surface area contributed by atoms with Crippen molar-refractivity contribution in [3.63, 3.8) is 0 Å². The van der Waals surface area contributed by atoms with Gasteiger partial charge in [0, 0.05) is 31.7 Å². The minimum absolute atomic E-state index is 0.284. The van der Waals surface area contributed by atoms with Crippen LogP contribution in [0.15, 0.2) is 48.0 Å². The van der Waals surface area contributed by atoms with Crippen LogP contribution in [0.25, 0.3) is 0 Å². The number of amides is 4. The monoisotopic (exact) mass is 407 g/mol. The van der Waals surface area contributed by atoms with Crippen molar-refractivity contribution in [3.05, 3.63) is 48.5 Å². The van der Waals surface area contributed by atoms with Gasteiger partial charge in [-0.25, -0.2) is 14.7 Å². The third-order valence-corrected chi connectivity index (χ3v) is 4.15. The van der Waals surface area contributed by atoms with Crippen LogP contribution in [0.3, 0.4) is 0 Å². The highest BCUT2D eigenvalue weighted by molar-refractivity contribution is 6.32. The Kier molecular flexibility index (Phi) is 5.76. The van der Waals surface area contributed by atoms with Crippen molar-refractivity contribution in [2.24, 2.45) is 10.9 Å². The Labute approximate surface area is 163 Å². The molecule has 1 aliphatic rings. The number of nitrogens with zero attached hydrogens (tertiary/aromatic N) is 4. The Morgan fingerprint density at radius 1 is 1.24 bits per heavy atom. The van der Waals surface area contributed by atoms with Crippen molar-refractivity contribution in [2.45, 2.75) is 19.1 Å². The maximum atomic E-state index is 12.9. The molecule has 1 aliphatic heterocycles. The van der Waals surface area contributed by atoms with Gasteiger partial charge in [-0.2, -0.15) is 13.2 Å². The van der Waals surface area contributed by atoms with Crippen molar-refractivity contribution in [3.8, 4) is 0 Å². The number of aromatic nitrogens is 2. The SMILES string of the molecule is O=C1NC(=O)N(c2cccc(C(F)(F)F)c2)C(=O)[C@@H]1C=NCCCn1ccnc1. The summed E-state index contributed by atoms with van der Waals surface area (Å²) in [6, 6.07) is 2.65. The lowest BCUT2D eigenvalue weighted by Crippen LogP contribution is -2.58. The molecule has 0 radical (unpaired) electrons. The summed E-state index contributed by atoms with van der Waals surface area (Å²) in [5.74, 6) is -3.24. The van der Waals surface area contributed by atoms with Gasteiger partial charge < -0.3 is 4.57 Å². The second kappa shape index (κ2) is 8.25. The molecule has 11 heteroatoms. The van der Waals surface area contributed by atoms with Crippen LogP contribution in [0.2, 0.25) is 0 Å². The van der Waals surface area contributed by atoms with Crippen LogP contribution in [0.4, 0.5) is 23.7 Å². The fourth-order valence-electron chi connectivity index (χ4n) is 2.73. The quantitative estimate of drug-likeness (QED) is 0.451. The minimum Gasteiger partial charge on any atom is -0.337 e. The first kappa shape index (κ1) is 20.2. The number of nitrogens with one attached hydrogen (secondary N) is 1. The summed E-state index contributed by atoms with van der Waals surface area (Å²) in [7, 11) is 0. The first-order chi connectivity index (χ1) is 13.8. The molecule has 0 spiro atoms. The van der Waals surface area contributed by atoms with Crippen molar-refractivity contribution < 1.29 is 27.6 Å². The van der Waals surface area contributed by atoms with E-state index in [1.54, 1.807) is 18.7 Å². The highest BCUT2D eigenvalue weighted by Gasteiger charge is 2.41. The molecular formula is C18H16F3N5O3. The van der Waals surface area contributed by atoms with Crippen molar-refractivity contribution >= 4 is 29.7 Å². The molecule has 1 aromatic heterocycles. The number of alkyl halides is 3. The molecule has 1 atom stereocenters. The molecule has 1 saturated heterocycles. The molecule has 0 saturated carbocycles. The van der Waals surface area contributed by atoms with E-state index in [1.165, 1.54) is 6.07 Å². The summed E-state index contributed by atoms with van der Waals surface area (Å²) < 4.78 is 40.6. The highest BCUT2D eigenvalue weighted by atomic mass is 19.4. The van der Waals surface area contributed by atoms with E-state index in [1.807, 2.05) is 9.88 Å². The second-order valence-electron chi connectivity index (χ2n) is 6.20. The molecule has 2 aromatic rings. The molecule has 29 heavy (non-hydrogen) atoms. The van der Waals surface area contributed by atoms with E-state index in [9.17, 15) is 27.6 Å². The summed E-state index contributed by atoms with van der Waals surface area (Å²) in [6.45, 7) is 0.948. The standard InChI is InChI=1S/C18H16F3N5O3/c19-18(20,21)12-3-1-4-13(9-12)26-16(28)14(15(27)24-17(26)29)10-22-5-2-7-25-8-6-23-11-25/h1,3-4,6,8-11,14H,2,5,7H2,(H,24,27,29)/t14-/m1/s1. The van der Waals surface area contributed by atoms with Gasteiger partial charge in [-0.1, -0.05) is 6.07 Å². The fraction of sp³-hybridized carbons (Fsp3) is 0.278. The number of imide groups is 2. The van der Waals surface area contributed by atoms with E-state index in [0.29, 0.717) is 30.5 Å². The number of imidazole rings is 1. The lowest BCUT2D eigenvalue weighted by Gasteiger charge is -2.28. The zero-order chi connectivity index (χ0) is 21.0. The number of aliphatic imine (C=N–C) groups is 1. The number of aryl methyl sites for hydroxylation is 1.